The van der Waals surface area contributed by atoms with Gasteiger partial charge in [-0.2, -0.15) is 0 Å². The van der Waals surface area contributed by atoms with Crippen LogP contribution < -0.4 is 4.74 Å². The van der Waals surface area contributed by atoms with Gasteiger partial charge >= 0.3 is 0 Å². The molecule has 0 aliphatic carbocycles. The smallest absolute Gasteiger partial charge is 0.140 e. The molecule has 22 heavy (non-hydrogen) atoms. The quantitative estimate of drug-likeness (QED) is 0.782. The van der Waals surface area contributed by atoms with Gasteiger partial charge < -0.3 is 19.5 Å². The van der Waals surface area contributed by atoms with Crippen LogP contribution in [0.3, 0.4) is 0 Å². The lowest BCUT2D eigenvalue weighted by Gasteiger charge is -2.30. The van der Waals surface area contributed by atoms with Crippen molar-refractivity contribution in [1.82, 2.24) is 4.90 Å². The minimum Gasteiger partial charge on any atom is -0.489 e. The maximum Gasteiger partial charge on any atom is 0.140 e. The van der Waals surface area contributed by atoms with Gasteiger partial charge in [-0.25, -0.2) is 0 Å². The van der Waals surface area contributed by atoms with Crippen molar-refractivity contribution in [2.45, 2.75) is 32.3 Å². The Bertz CT molecular complexity index is 458. The van der Waals surface area contributed by atoms with E-state index < -0.39 is 0 Å². The number of rotatable bonds is 7. The van der Waals surface area contributed by atoms with Crippen molar-refractivity contribution in [3.05, 3.63) is 28.3 Å². The fourth-order valence-electron chi connectivity index (χ4n) is 2.88. The standard InChI is InChI=1S/C17H26ClNO3/c1-13-10-14(5-7-19-6-3-4-15(20)12-19)11-16(18)17(13)22-9-8-21-2/h10-11,15,20H,3-9,12H2,1-2H3. The van der Waals surface area contributed by atoms with Crippen molar-refractivity contribution in [1.29, 1.82) is 0 Å². The monoisotopic (exact) mass is 327 g/mol. The van der Waals surface area contributed by atoms with Gasteiger partial charge in [0.15, 0.2) is 0 Å². The van der Waals surface area contributed by atoms with Crippen molar-refractivity contribution in [2.24, 2.45) is 0 Å². The van der Waals surface area contributed by atoms with E-state index >= 15 is 0 Å². The van der Waals surface area contributed by atoms with Gasteiger partial charge in [0.05, 0.1) is 17.7 Å². The fourth-order valence-corrected chi connectivity index (χ4v) is 3.22. The molecule has 0 saturated carbocycles. The largest absolute Gasteiger partial charge is 0.489 e. The summed E-state index contributed by atoms with van der Waals surface area (Å²) < 4.78 is 10.7. The lowest BCUT2D eigenvalue weighted by molar-refractivity contribution is 0.0714. The van der Waals surface area contributed by atoms with E-state index in [1.807, 2.05) is 13.0 Å². The lowest BCUT2D eigenvalue weighted by atomic mass is 10.1. The summed E-state index contributed by atoms with van der Waals surface area (Å²) in [6.45, 7) is 5.88. The number of benzene rings is 1. The number of β-amino-alcohol motifs (C(OH)–C–C–N with tert-alkyl or cyclic N) is 1. The van der Waals surface area contributed by atoms with E-state index in [4.69, 9.17) is 21.1 Å². The van der Waals surface area contributed by atoms with Crippen molar-refractivity contribution in [3.63, 3.8) is 0 Å². The summed E-state index contributed by atoms with van der Waals surface area (Å²) in [6, 6.07) is 4.12. The Morgan fingerprint density at radius 2 is 2.18 bits per heavy atom. The Morgan fingerprint density at radius 1 is 1.36 bits per heavy atom. The molecule has 5 heteroatoms. The normalized spacial score (nSPS) is 19.4. The SMILES string of the molecule is COCCOc1c(C)cc(CCN2CCCC(O)C2)cc1Cl. The highest BCUT2D eigenvalue weighted by Gasteiger charge is 2.17. The van der Waals surface area contributed by atoms with Crippen LogP contribution in [0.25, 0.3) is 0 Å². The minimum atomic E-state index is -0.171. The van der Waals surface area contributed by atoms with Gasteiger partial charge in [-0.05, 0) is 49.9 Å². The van der Waals surface area contributed by atoms with Gasteiger partial charge in [0.1, 0.15) is 12.4 Å². The number of likely N-dealkylation sites (tertiary alicyclic amines) is 1. The molecule has 2 rings (SSSR count). The number of halogens is 1. The molecule has 0 radical (unpaired) electrons. The molecule has 4 nitrogen and oxygen atoms in total. The molecule has 0 spiro atoms. The van der Waals surface area contributed by atoms with Crippen LogP contribution >= 0.6 is 11.6 Å². The summed E-state index contributed by atoms with van der Waals surface area (Å²) in [5.74, 6) is 0.746. The number of hydrogen-bond donors (Lipinski definition) is 1. The van der Waals surface area contributed by atoms with Crippen LogP contribution in [0.5, 0.6) is 5.75 Å². The fraction of sp³-hybridized carbons (Fsp3) is 0.647. The van der Waals surface area contributed by atoms with E-state index in [0.29, 0.717) is 18.2 Å². The van der Waals surface area contributed by atoms with Crippen molar-refractivity contribution < 1.29 is 14.6 Å². The molecule has 1 heterocycles. The first-order chi connectivity index (χ1) is 10.6. The van der Waals surface area contributed by atoms with E-state index in [1.54, 1.807) is 7.11 Å². The molecule has 1 saturated heterocycles. The zero-order valence-electron chi connectivity index (χ0n) is 13.5. The van der Waals surface area contributed by atoms with E-state index in [1.165, 1.54) is 5.56 Å². The Balaban J connectivity index is 1.91. The number of aryl methyl sites for hydroxylation is 1. The molecule has 1 unspecified atom stereocenters. The number of methoxy groups -OCH3 is 1. The lowest BCUT2D eigenvalue weighted by Crippen LogP contribution is -2.39. The molecular formula is C17H26ClNO3. The number of piperidine rings is 1. The van der Waals surface area contributed by atoms with Crippen LogP contribution in [0.1, 0.15) is 24.0 Å². The van der Waals surface area contributed by atoms with Crippen LogP contribution in [0.15, 0.2) is 12.1 Å². The summed E-state index contributed by atoms with van der Waals surface area (Å²) in [6.07, 6.45) is 2.77. The molecule has 1 N–H and O–H groups in total. The van der Waals surface area contributed by atoms with Crippen LogP contribution in [0, 0.1) is 6.92 Å². The molecule has 1 atom stereocenters. The summed E-state index contributed by atoms with van der Waals surface area (Å²) in [4.78, 5) is 2.32. The first-order valence-corrected chi connectivity index (χ1v) is 8.29. The average molecular weight is 328 g/mol. The molecule has 124 valence electrons. The molecule has 1 fully saturated rings. The first-order valence-electron chi connectivity index (χ1n) is 7.91. The summed E-state index contributed by atoms with van der Waals surface area (Å²) >= 11 is 6.34. The van der Waals surface area contributed by atoms with Crippen molar-refractivity contribution in [3.8, 4) is 5.75 Å². The molecule has 1 aromatic rings. The summed E-state index contributed by atoms with van der Waals surface area (Å²) in [5.41, 5.74) is 2.26. The maximum atomic E-state index is 9.71. The molecular weight excluding hydrogens is 302 g/mol. The van der Waals surface area contributed by atoms with Gasteiger partial charge in [0.25, 0.3) is 0 Å². The topological polar surface area (TPSA) is 41.9 Å². The summed E-state index contributed by atoms with van der Waals surface area (Å²) in [5, 5.41) is 10.4. The molecule has 0 amide bonds. The first kappa shape index (κ1) is 17.5. The third-order valence-electron chi connectivity index (χ3n) is 4.02. The number of nitrogens with zero attached hydrogens (tertiary/aromatic N) is 1. The van der Waals surface area contributed by atoms with E-state index in [2.05, 4.69) is 11.0 Å². The van der Waals surface area contributed by atoms with Gasteiger partial charge in [-0.1, -0.05) is 17.7 Å². The highest BCUT2D eigenvalue weighted by atomic mass is 35.5. The zero-order chi connectivity index (χ0) is 15.9. The van der Waals surface area contributed by atoms with Crippen molar-refractivity contribution >= 4 is 11.6 Å². The van der Waals surface area contributed by atoms with Gasteiger partial charge in [-0.3, -0.25) is 0 Å². The second kappa shape index (κ2) is 8.73. The number of hydrogen-bond acceptors (Lipinski definition) is 4. The Morgan fingerprint density at radius 3 is 2.86 bits per heavy atom. The van der Waals surface area contributed by atoms with E-state index in [-0.39, 0.29) is 6.10 Å². The second-order valence-corrected chi connectivity index (χ2v) is 6.32. The number of ether oxygens (including phenoxy) is 2. The second-order valence-electron chi connectivity index (χ2n) is 5.91. The molecule has 0 aromatic heterocycles. The summed E-state index contributed by atoms with van der Waals surface area (Å²) in [7, 11) is 1.65. The number of aliphatic hydroxyl groups is 1. The van der Waals surface area contributed by atoms with E-state index in [0.717, 1.165) is 50.2 Å². The molecule has 0 bridgehead atoms. The Kier molecular flexibility index (Phi) is 6.96. The predicted octanol–water partition coefficient (Wildman–Crippen LogP) is 2.67. The van der Waals surface area contributed by atoms with Gasteiger partial charge in [-0.15, -0.1) is 0 Å². The Hall–Kier alpha value is -0.810. The van der Waals surface area contributed by atoms with E-state index in [9.17, 15) is 5.11 Å². The molecule has 1 aliphatic heterocycles. The van der Waals surface area contributed by atoms with Crippen LogP contribution in [-0.4, -0.2) is 56.1 Å². The third-order valence-corrected chi connectivity index (χ3v) is 4.30. The average Bonchev–Trinajstić information content (AvgIpc) is 2.48. The van der Waals surface area contributed by atoms with Gasteiger partial charge in [0, 0.05) is 20.2 Å². The van der Waals surface area contributed by atoms with Crippen LogP contribution in [-0.2, 0) is 11.2 Å². The number of aliphatic hydroxyl groups excluding tert-OH is 1. The predicted molar refractivity (Wildman–Crippen MR) is 88.9 cm³/mol. The molecule has 1 aliphatic rings. The van der Waals surface area contributed by atoms with Crippen LogP contribution in [0.2, 0.25) is 5.02 Å². The zero-order valence-corrected chi connectivity index (χ0v) is 14.2. The highest BCUT2D eigenvalue weighted by Crippen LogP contribution is 2.30. The minimum absolute atomic E-state index is 0.171. The Labute approximate surface area is 138 Å². The maximum absolute atomic E-state index is 9.71. The third kappa shape index (κ3) is 5.13. The molecule has 1 aromatic carbocycles. The van der Waals surface area contributed by atoms with Crippen LogP contribution in [0.4, 0.5) is 0 Å². The highest BCUT2D eigenvalue weighted by molar-refractivity contribution is 6.32. The van der Waals surface area contributed by atoms with Crippen molar-refractivity contribution in [2.75, 3.05) is 40.0 Å². The van der Waals surface area contributed by atoms with Gasteiger partial charge in [0.2, 0.25) is 0 Å².